The highest BCUT2D eigenvalue weighted by atomic mass is 32.2. The van der Waals surface area contributed by atoms with E-state index in [1.165, 1.54) is 18.2 Å². The van der Waals surface area contributed by atoms with Crippen molar-refractivity contribution in [3.05, 3.63) is 23.8 Å². The van der Waals surface area contributed by atoms with E-state index in [0.717, 1.165) is 23.4 Å². The fourth-order valence-electron chi connectivity index (χ4n) is 2.82. The Morgan fingerprint density at radius 1 is 1.47 bits per heavy atom. The number of anilines is 1. The van der Waals surface area contributed by atoms with Crippen LogP contribution < -0.4 is 5.32 Å². The van der Waals surface area contributed by atoms with Gasteiger partial charge in [0.1, 0.15) is 0 Å². The molecule has 0 spiro atoms. The van der Waals surface area contributed by atoms with E-state index in [1.807, 2.05) is 24.5 Å². The molecular formula is C15H21NO2S. The van der Waals surface area contributed by atoms with Crippen LogP contribution in [-0.2, 0) is 0 Å². The molecule has 0 bridgehead atoms. The van der Waals surface area contributed by atoms with Crippen molar-refractivity contribution in [2.45, 2.75) is 44.0 Å². The summed E-state index contributed by atoms with van der Waals surface area (Å²) < 4.78 is 0. The Morgan fingerprint density at radius 3 is 2.74 bits per heavy atom. The largest absolute Gasteiger partial charge is 0.478 e. The number of hydrogen-bond donors (Lipinski definition) is 2. The topological polar surface area (TPSA) is 49.3 Å². The van der Waals surface area contributed by atoms with Crippen molar-refractivity contribution in [3.63, 3.8) is 0 Å². The maximum Gasteiger partial charge on any atom is 0.338 e. The maximum absolute atomic E-state index is 11.4. The molecule has 0 amide bonds. The van der Waals surface area contributed by atoms with Crippen molar-refractivity contribution in [2.24, 2.45) is 5.41 Å². The molecule has 4 heteroatoms. The highest BCUT2D eigenvalue weighted by Crippen LogP contribution is 2.39. The lowest BCUT2D eigenvalue weighted by molar-refractivity contribution is 0.0694. The Labute approximate surface area is 118 Å². The smallest absolute Gasteiger partial charge is 0.338 e. The summed E-state index contributed by atoms with van der Waals surface area (Å²) in [7, 11) is 0. The molecule has 1 fully saturated rings. The number of hydrogen-bond acceptors (Lipinski definition) is 3. The van der Waals surface area contributed by atoms with Gasteiger partial charge in [0.2, 0.25) is 0 Å². The maximum atomic E-state index is 11.4. The number of nitrogens with one attached hydrogen (secondary N) is 1. The summed E-state index contributed by atoms with van der Waals surface area (Å²) in [6.45, 7) is 4.54. The third-order valence-corrected chi connectivity index (χ3v) is 4.57. The van der Waals surface area contributed by atoms with Gasteiger partial charge in [-0.05, 0) is 43.1 Å². The first-order valence-electron chi connectivity index (χ1n) is 6.60. The van der Waals surface area contributed by atoms with Gasteiger partial charge in [0, 0.05) is 10.9 Å². The molecule has 19 heavy (non-hydrogen) atoms. The predicted octanol–water partition coefficient (Wildman–Crippen LogP) is 4.10. The van der Waals surface area contributed by atoms with E-state index in [2.05, 4.69) is 19.2 Å². The van der Waals surface area contributed by atoms with Gasteiger partial charge in [0.25, 0.3) is 0 Å². The highest BCUT2D eigenvalue weighted by Gasteiger charge is 2.31. The quantitative estimate of drug-likeness (QED) is 0.815. The minimum atomic E-state index is -0.857. The number of benzene rings is 1. The summed E-state index contributed by atoms with van der Waals surface area (Å²) in [5.41, 5.74) is 1.51. The summed E-state index contributed by atoms with van der Waals surface area (Å²) >= 11 is 1.47. The molecule has 1 aromatic carbocycles. The molecule has 0 radical (unpaired) electrons. The summed E-state index contributed by atoms with van der Waals surface area (Å²) in [5, 5.41) is 12.8. The zero-order chi connectivity index (χ0) is 14.0. The minimum absolute atomic E-state index is 0.359. The van der Waals surface area contributed by atoms with Gasteiger partial charge in [-0.25, -0.2) is 4.79 Å². The van der Waals surface area contributed by atoms with Gasteiger partial charge in [-0.1, -0.05) is 19.9 Å². The van der Waals surface area contributed by atoms with Crippen molar-refractivity contribution < 1.29 is 9.90 Å². The third-order valence-electron chi connectivity index (χ3n) is 3.79. The molecule has 1 aromatic rings. The van der Waals surface area contributed by atoms with Crippen LogP contribution >= 0.6 is 11.8 Å². The Bertz CT molecular complexity index is 485. The number of rotatable bonds is 4. The molecule has 1 aliphatic carbocycles. The van der Waals surface area contributed by atoms with E-state index in [0.29, 0.717) is 17.0 Å². The molecule has 2 N–H and O–H groups in total. The number of thioether (sulfide) groups is 1. The first-order chi connectivity index (χ1) is 8.93. The molecule has 2 rings (SSSR count). The Morgan fingerprint density at radius 2 is 2.21 bits per heavy atom. The molecule has 104 valence electrons. The average molecular weight is 279 g/mol. The number of aromatic carboxylic acids is 1. The number of carboxylic acids is 1. The Kier molecular flexibility index (Phi) is 4.09. The molecule has 0 heterocycles. The van der Waals surface area contributed by atoms with Crippen LogP contribution in [0.4, 0.5) is 5.69 Å². The molecule has 0 aliphatic heterocycles. The molecule has 0 aromatic heterocycles. The van der Waals surface area contributed by atoms with Crippen LogP contribution in [0, 0.1) is 5.41 Å². The first-order valence-corrected chi connectivity index (χ1v) is 7.82. The van der Waals surface area contributed by atoms with Gasteiger partial charge in [-0.3, -0.25) is 0 Å². The molecule has 0 saturated heterocycles. The van der Waals surface area contributed by atoms with Gasteiger partial charge < -0.3 is 10.4 Å². The Hall–Kier alpha value is -1.16. The summed E-state index contributed by atoms with van der Waals surface area (Å²) in [5.74, 6) is -0.857. The summed E-state index contributed by atoms with van der Waals surface area (Å²) in [6.07, 6.45) is 5.30. The van der Waals surface area contributed by atoms with E-state index in [1.54, 1.807) is 0 Å². The van der Waals surface area contributed by atoms with E-state index >= 15 is 0 Å². The van der Waals surface area contributed by atoms with E-state index in [-0.39, 0.29) is 0 Å². The monoisotopic (exact) mass is 279 g/mol. The van der Waals surface area contributed by atoms with Crippen LogP contribution in [0.3, 0.4) is 0 Å². The second-order valence-corrected chi connectivity index (χ2v) is 6.78. The average Bonchev–Trinajstić information content (AvgIpc) is 2.68. The van der Waals surface area contributed by atoms with Gasteiger partial charge in [-0.15, -0.1) is 11.8 Å². The summed E-state index contributed by atoms with van der Waals surface area (Å²) in [6, 6.07) is 6.03. The van der Waals surface area contributed by atoms with Gasteiger partial charge in [-0.2, -0.15) is 0 Å². The zero-order valence-electron chi connectivity index (χ0n) is 11.7. The van der Waals surface area contributed by atoms with E-state index in [4.69, 9.17) is 0 Å². The second kappa shape index (κ2) is 5.45. The van der Waals surface area contributed by atoms with Crippen molar-refractivity contribution in [1.29, 1.82) is 0 Å². The molecule has 1 unspecified atom stereocenters. The van der Waals surface area contributed by atoms with Crippen molar-refractivity contribution in [3.8, 4) is 0 Å². The minimum Gasteiger partial charge on any atom is -0.478 e. The van der Waals surface area contributed by atoms with Crippen molar-refractivity contribution >= 4 is 23.4 Å². The lowest BCUT2D eigenvalue weighted by Gasteiger charge is -2.20. The summed E-state index contributed by atoms with van der Waals surface area (Å²) in [4.78, 5) is 12.3. The molecular weight excluding hydrogens is 258 g/mol. The van der Waals surface area contributed by atoms with Crippen LogP contribution in [0.2, 0.25) is 0 Å². The lowest BCUT2D eigenvalue weighted by Crippen LogP contribution is -2.19. The van der Waals surface area contributed by atoms with Crippen LogP contribution in [0.25, 0.3) is 0 Å². The van der Waals surface area contributed by atoms with Crippen LogP contribution in [0.15, 0.2) is 23.1 Å². The lowest BCUT2D eigenvalue weighted by atomic mass is 9.92. The van der Waals surface area contributed by atoms with Gasteiger partial charge in [0.05, 0.1) is 11.3 Å². The molecule has 1 aliphatic rings. The molecule has 1 saturated carbocycles. The number of carbonyl (C=O) groups is 1. The second-order valence-electron chi connectivity index (χ2n) is 5.94. The highest BCUT2D eigenvalue weighted by molar-refractivity contribution is 7.98. The van der Waals surface area contributed by atoms with Crippen LogP contribution in [0.1, 0.15) is 43.5 Å². The molecule has 3 nitrogen and oxygen atoms in total. The Balaban J connectivity index is 2.23. The fraction of sp³-hybridized carbons (Fsp3) is 0.533. The zero-order valence-corrected chi connectivity index (χ0v) is 12.5. The van der Waals surface area contributed by atoms with Crippen molar-refractivity contribution in [1.82, 2.24) is 0 Å². The standard InChI is InChI=1S/C15H21NO2S/c1-15(2)8-7-10(9-15)16-11-5-4-6-12(19-3)13(11)14(17)18/h4-6,10,16H,7-9H2,1-3H3,(H,17,18). The van der Waals surface area contributed by atoms with Gasteiger partial charge >= 0.3 is 5.97 Å². The van der Waals surface area contributed by atoms with E-state index in [9.17, 15) is 9.90 Å². The fourth-order valence-corrected chi connectivity index (χ4v) is 3.44. The molecule has 1 atom stereocenters. The SMILES string of the molecule is CSc1cccc(NC2CCC(C)(C)C2)c1C(=O)O. The van der Waals surface area contributed by atoms with Crippen LogP contribution in [-0.4, -0.2) is 23.4 Å². The van der Waals surface area contributed by atoms with Crippen molar-refractivity contribution in [2.75, 3.05) is 11.6 Å². The van der Waals surface area contributed by atoms with E-state index < -0.39 is 5.97 Å². The van der Waals surface area contributed by atoms with Gasteiger partial charge in [0.15, 0.2) is 0 Å². The first kappa shape index (κ1) is 14.3. The number of carboxylic acid groups (broad SMARTS) is 1. The van der Waals surface area contributed by atoms with Crippen LogP contribution in [0.5, 0.6) is 0 Å². The predicted molar refractivity (Wildman–Crippen MR) is 80.2 cm³/mol. The third kappa shape index (κ3) is 3.24. The normalized spacial score (nSPS) is 21.3.